The minimum atomic E-state index is -0.962. The van der Waals surface area contributed by atoms with Crippen LogP contribution in [-0.2, 0) is 14.4 Å². The van der Waals surface area contributed by atoms with E-state index in [2.05, 4.69) is 10.3 Å². The van der Waals surface area contributed by atoms with Gasteiger partial charge in [-0.05, 0) is 6.92 Å². The van der Waals surface area contributed by atoms with Crippen LogP contribution in [0.2, 0.25) is 0 Å². The van der Waals surface area contributed by atoms with Crippen molar-refractivity contribution in [3.63, 3.8) is 0 Å². The molecule has 14 heavy (non-hydrogen) atoms. The average Bonchev–Trinajstić information content (AvgIpc) is 2.14. The monoisotopic (exact) mass is 205 g/mol. The molecule has 0 saturated carbocycles. The SMILES string of the molecule is CC(=O)CCC(=O)ONCC(O)CO. The molecule has 0 radical (unpaired) electrons. The summed E-state index contributed by atoms with van der Waals surface area (Å²) in [6, 6.07) is 0. The third-order valence-corrected chi connectivity index (χ3v) is 1.40. The molecule has 3 N–H and O–H groups in total. The van der Waals surface area contributed by atoms with E-state index in [1.54, 1.807) is 0 Å². The number of aliphatic hydroxyl groups excluding tert-OH is 2. The van der Waals surface area contributed by atoms with Crippen LogP contribution in [0.25, 0.3) is 0 Å². The predicted octanol–water partition coefficient (Wildman–Crippen LogP) is -1.24. The van der Waals surface area contributed by atoms with E-state index < -0.39 is 18.7 Å². The molecule has 0 aliphatic carbocycles. The van der Waals surface area contributed by atoms with E-state index in [1.165, 1.54) is 6.92 Å². The summed E-state index contributed by atoms with van der Waals surface area (Å²) >= 11 is 0. The molecule has 6 nitrogen and oxygen atoms in total. The first-order valence-corrected chi connectivity index (χ1v) is 4.27. The van der Waals surface area contributed by atoms with Crippen LogP contribution in [-0.4, -0.2) is 41.2 Å². The second kappa shape index (κ2) is 7.43. The highest BCUT2D eigenvalue weighted by molar-refractivity contribution is 5.80. The fraction of sp³-hybridized carbons (Fsp3) is 0.750. The number of aliphatic hydroxyl groups is 2. The highest BCUT2D eigenvalue weighted by Crippen LogP contribution is 1.92. The third-order valence-electron chi connectivity index (χ3n) is 1.40. The minimum Gasteiger partial charge on any atom is -0.394 e. The van der Waals surface area contributed by atoms with Gasteiger partial charge in [0.2, 0.25) is 0 Å². The largest absolute Gasteiger partial charge is 0.394 e. The molecule has 1 unspecified atom stereocenters. The molecule has 0 saturated heterocycles. The molecular weight excluding hydrogens is 190 g/mol. The third kappa shape index (κ3) is 7.66. The molecule has 6 heteroatoms. The van der Waals surface area contributed by atoms with Gasteiger partial charge in [-0.1, -0.05) is 0 Å². The zero-order valence-corrected chi connectivity index (χ0v) is 8.02. The van der Waals surface area contributed by atoms with Crippen LogP contribution < -0.4 is 5.48 Å². The van der Waals surface area contributed by atoms with Crippen LogP contribution in [0.15, 0.2) is 0 Å². The van der Waals surface area contributed by atoms with E-state index in [-0.39, 0.29) is 25.2 Å². The summed E-state index contributed by atoms with van der Waals surface area (Å²) in [6.07, 6.45) is -0.809. The molecule has 0 aliphatic rings. The Morgan fingerprint density at radius 1 is 1.43 bits per heavy atom. The van der Waals surface area contributed by atoms with Crippen LogP contribution in [0, 0.1) is 0 Å². The molecule has 0 spiro atoms. The number of hydrogen-bond donors (Lipinski definition) is 3. The number of carbonyl (C=O) groups excluding carboxylic acids is 2. The van der Waals surface area contributed by atoms with Crippen molar-refractivity contribution in [2.75, 3.05) is 13.2 Å². The van der Waals surface area contributed by atoms with Gasteiger partial charge in [-0.3, -0.25) is 4.79 Å². The Hall–Kier alpha value is -0.980. The molecule has 0 heterocycles. The number of hydroxylamine groups is 1. The molecule has 0 amide bonds. The van der Waals surface area contributed by atoms with Gasteiger partial charge in [-0.15, -0.1) is 0 Å². The highest BCUT2D eigenvalue weighted by Gasteiger charge is 2.06. The number of hydrogen-bond acceptors (Lipinski definition) is 6. The van der Waals surface area contributed by atoms with Crippen molar-refractivity contribution in [3.05, 3.63) is 0 Å². The summed E-state index contributed by atoms with van der Waals surface area (Å²) < 4.78 is 0. The Labute approximate surface area is 81.8 Å². The quantitative estimate of drug-likeness (QED) is 0.450. The Morgan fingerprint density at radius 2 is 2.07 bits per heavy atom. The topological polar surface area (TPSA) is 95.9 Å². The zero-order valence-electron chi connectivity index (χ0n) is 8.02. The number of ketones is 1. The van der Waals surface area contributed by atoms with Gasteiger partial charge in [-0.25, -0.2) is 0 Å². The molecule has 0 rings (SSSR count). The van der Waals surface area contributed by atoms with E-state index in [0.29, 0.717) is 0 Å². The van der Waals surface area contributed by atoms with E-state index in [1.807, 2.05) is 0 Å². The lowest BCUT2D eigenvalue weighted by Gasteiger charge is -2.08. The minimum absolute atomic E-state index is 0.0115. The van der Waals surface area contributed by atoms with Crippen molar-refractivity contribution in [1.82, 2.24) is 5.48 Å². The Kier molecular flexibility index (Phi) is 6.91. The summed E-state index contributed by atoms with van der Waals surface area (Å²) in [5.74, 6) is -0.650. The first-order chi connectivity index (χ1) is 6.56. The predicted molar refractivity (Wildman–Crippen MR) is 47.1 cm³/mol. The van der Waals surface area contributed by atoms with Crippen LogP contribution in [0.3, 0.4) is 0 Å². The normalized spacial score (nSPS) is 12.2. The fourth-order valence-corrected chi connectivity index (χ4v) is 0.612. The molecule has 0 fully saturated rings. The van der Waals surface area contributed by atoms with Crippen molar-refractivity contribution in [2.45, 2.75) is 25.9 Å². The van der Waals surface area contributed by atoms with Gasteiger partial charge in [-0.2, -0.15) is 5.48 Å². The van der Waals surface area contributed by atoms with Crippen molar-refractivity contribution in [1.29, 1.82) is 0 Å². The summed E-state index contributed by atoms with van der Waals surface area (Å²) in [7, 11) is 0. The molecule has 0 bridgehead atoms. The lowest BCUT2D eigenvalue weighted by atomic mass is 10.2. The fourth-order valence-electron chi connectivity index (χ4n) is 0.612. The molecule has 0 aromatic rings. The molecule has 0 aliphatic heterocycles. The van der Waals surface area contributed by atoms with Crippen molar-refractivity contribution < 1.29 is 24.6 Å². The van der Waals surface area contributed by atoms with Gasteiger partial charge < -0.3 is 19.8 Å². The number of nitrogens with one attached hydrogen (secondary N) is 1. The van der Waals surface area contributed by atoms with Crippen molar-refractivity contribution in [3.8, 4) is 0 Å². The van der Waals surface area contributed by atoms with Gasteiger partial charge >= 0.3 is 5.97 Å². The van der Waals surface area contributed by atoms with Gasteiger partial charge in [0.1, 0.15) is 5.78 Å². The Bertz CT molecular complexity index is 194. The summed E-state index contributed by atoms with van der Waals surface area (Å²) in [6.45, 7) is 0.941. The second-order valence-electron chi connectivity index (χ2n) is 2.86. The van der Waals surface area contributed by atoms with Crippen molar-refractivity contribution >= 4 is 11.8 Å². The van der Waals surface area contributed by atoms with Crippen molar-refractivity contribution in [2.24, 2.45) is 0 Å². The van der Waals surface area contributed by atoms with Gasteiger partial charge in [0.25, 0.3) is 0 Å². The van der Waals surface area contributed by atoms with Crippen LogP contribution in [0.4, 0.5) is 0 Å². The van der Waals surface area contributed by atoms with E-state index >= 15 is 0 Å². The molecule has 82 valence electrons. The average molecular weight is 205 g/mol. The first kappa shape index (κ1) is 13.0. The van der Waals surface area contributed by atoms with Gasteiger partial charge in [0.15, 0.2) is 0 Å². The molecule has 1 atom stereocenters. The standard InChI is InChI=1S/C8H15NO5/c1-6(11)2-3-8(13)14-9-4-7(12)5-10/h7,9-10,12H,2-5H2,1H3. The van der Waals surface area contributed by atoms with Crippen LogP contribution in [0.5, 0.6) is 0 Å². The number of rotatable bonds is 7. The van der Waals surface area contributed by atoms with Gasteiger partial charge in [0, 0.05) is 6.42 Å². The van der Waals surface area contributed by atoms with E-state index in [0.717, 1.165) is 0 Å². The van der Waals surface area contributed by atoms with Gasteiger partial charge in [0.05, 0.1) is 25.7 Å². The lowest BCUT2D eigenvalue weighted by molar-refractivity contribution is -0.153. The smallest absolute Gasteiger partial charge is 0.325 e. The number of Topliss-reactive ketones (excluding diaryl/α,β-unsaturated/α-hetero) is 1. The number of carbonyl (C=O) groups is 2. The van der Waals surface area contributed by atoms with Crippen LogP contribution in [0.1, 0.15) is 19.8 Å². The summed E-state index contributed by atoms with van der Waals surface area (Å²) in [5, 5.41) is 17.2. The summed E-state index contributed by atoms with van der Waals surface area (Å²) in [4.78, 5) is 25.8. The lowest BCUT2D eigenvalue weighted by Crippen LogP contribution is -2.31. The summed E-state index contributed by atoms with van der Waals surface area (Å²) in [5.41, 5.74) is 2.19. The zero-order chi connectivity index (χ0) is 11.0. The maximum Gasteiger partial charge on any atom is 0.325 e. The molecule has 0 aromatic heterocycles. The maximum absolute atomic E-state index is 10.8. The second-order valence-corrected chi connectivity index (χ2v) is 2.86. The van der Waals surface area contributed by atoms with E-state index in [9.17, 15) is 9.59 Å². The Morgan fingerprint density at radius 3 is 2.57 bits per heavy atom. The molecular formula is C8H15NO5. The highest BCUT2D eigenvalue weighted by atomic mass is 16.7. The Balaban J connectivity index is 3.40. The molecule has 0 aromatic carbocycles. The van der Waals surface area contributed by atoms with Crippen LogP contribution >= 0.6 is 0 Å². The first-order valence-electron chi connectivity index (χ1n) is 4.27. The maximum atomic E-state index is 10.8. The van der Waals surface area contributed by atoms with E-state index in [4.69, 9.17) is 10.2 Å².